The maximum atomic E-state index is 12.3. The van der Waals surface area contributed by atoms with Gasteiger partial charge >= 0.3 is 6.09 Å². The van der Waals surface area contributed by atoms with Crippen LogP contribution in [0, 0.1) is 0 Å². The van der Waals surface area contributed by atoms with Crippen molar-refractivity contribution in [2.75, 3.05) is 10.6 Å². The molecule has 4 N–H and O–H groups in total. The van der Waals surface area contributed by atoms with Crippen molar-refractivity contribution in [3.63, 3.8) is 0 Å². The first-order chi connectivity index (χ1) is 12.4. The molecule has 27 heavy (non-hydrogen) atoms. The van der Waals surface area contributed by atoms with Gasteiger partial charge in [-0.05, 0) is 63.2 Å². The third-order valence-electron chi connectivity index (χ3n) is 3.21. The molecule has 8 nitrogen and oxygen atoms in total. The Morgan fingerprint density at radius 2 is 1.59 bits per heavy atom. The molecule has 2 aromatic rings. The molecule has 9 heteroatoms. The van der Waals surface area contributed by atoms with Gasteiger partial charge in [-0.2, -0.15) is 0 Å². The lowest BCUT2D eigenvalue weighted by Gasteiger charge is -2.19. The second-order valence-electron chi connectivity index (χ2n) is 6.73. The van der Waals surface area contributed by atoms with Crippen LogP contribution in [0.2, 0.25) is 0 Å². The van der Waals surface area contributed by atoms with Gasteiger partial charge in [0, 0.05) is 16.9 Å². The first-order valence-corrected chi connectivity index (χ1v) is 9.53. The Kier molecular flexibility index (Phi) is 5.87. The number of anilines is 2. The minimum atomic E-state index is -3.86. The van der Waals surface area contributed by atoms with Crippen molar-refractivity contribution >= 4 is 33.4 Å². The molecule has 0 aliphatic carbocycles. The van der Waals surface area contributed by atoms with E-state index in [-0.39, 0.29) is 4.90 Å². The fraction of sp³-hybridized carbons (Fsp3) is 0.222. The summed E-state index contributed by atoms with van der Waals surface area (Å²) in [5.41, 5.74) is 0.473. The van der Waals surface area contributed by atoms with Gasteiger partial charge in [0.25, 0.3) is 5.91 Å². The smallest absolute Gasteiger partial charge is 0.412 e. The molecule has 0 aliphatic heterocycles. The van der Waals surface area contributed by atoms with Gasteiger partial charge in [0.15, 0.2) is 0 Å². The van der Waals surface area contributed by atoms with E-state index in [1.807, 2.05) is 0 Å². The van der Waals surface area contributed by atoms with Gasteiger partial charge in [-0.15, -0.1) is 0 Å². The fourth-order valence-corrected chi connectivity index (χ4v) is 2.64. The number of carbonyl (C=O) groups excluding carboxylic acids is 2. The molecule has 0 aliphatic rings. The van der Waals surface area contributed by atoms with Crippen LogP contribution in [0.5, 0.6) is 0 Å². The predicted molar refractivity (Wildman–Crippen MR) is 102 cm³/mol. The quantitative estimate of drug-likeness (QED) is 0.738. The number of amides is 2. The summed E-state index contributed by atoms with van der Waals surface area (Å²) in [6, 6.07) is 11.8. The fourth-order valence-electron chi connectivity index (χ4n) is 2.08. The maximum absolute atomic E-state index is 12.3. The maximum Gasteiger partial charge on any atom is 0.412 e. The summed E-state index contributed by atoms with van der Waals surface area (Å²) in [6.45, 7) is 5.26. The Bertz CT molecular complexity index is 948. The van der Waals surface area contributed by atoms with Crippen LogP contribution in [0.25, 0.3) is 0 Å². The lowest BCUT2D eigenvalue weighted by Crippen LogP contribution is -2.27. The van der Waals surface area contributed by atoms with Crippen molar-refractivity contribution in [3.05, 3.63) is 54.1 Å². The molecule has 0 saturated carbocycles. The van der Waals surface area contributed by atoms with Crippen LogP contribution in [-0.4, -0.2) is 26.0 Å². The third-order valence-corrected chi connectivity index (χ3v) is 4.12. The number of nitrogens with one attached hydrogen (secondary N) is 2. The highest BCUT2D eigenvalue weighted by Gasteiger charge is 2.16. The van der Waals surface area contributed by atoms with Crippen LogP contribution in [0.1, 0.15) is 31.1 Å². The molecule has 0 atom stereocenters. The van der Waals surface area contributed by atoms with Crippen molar-refractivity contribution in [2.45, 2.75) is 31.3 Å². The topological polar surface area (TPSA) is 128 Å². The molecular formula is C18H21N3O5S. The number of benzene rings is 2. The second-order valence-corrected chi connectivity index (χ2v) is 8.29. The second kappa shape index (κ2) is 7.77. The summed E-state index contributed by atoms with van der Waals surface area (Å²) in [6.07, 6.45) is -0.598. The first-order valence-electron chi connectivity index (χ1n) is 7.98. The van der Waals surface area contributed by atoms with Crippen LogP contribution >= 0.6 is 0 Å². The molecular weight excluding hydrogens is 370 g/mol. The number of ether oxygens (including phenoxy) is 1. The lowest BCUT2D eigenvalue weighted by atomic mass is 10.2. The molecule has 0 spiro atoms. The highest BCUT2D eigenvalue weighted by molar-refractivity contribution is 7.89. The van der Waals surface area contributed by atoms with Crippen LogP contribution in [0.15, 0.2) is 53.4 Å². The Morgan fingerprint density at radius 1 is 0.963 bits per heavy atom. The molecule has 2 rings (SSSR count). The molecule has 2 aromatic carbocycles. The SMILES string of the molecule is CC(C)(C)OC(=O)Nc1ccc(C(=O)Nc2cccc(S(N)(=O)=O)c2)cc1. The van der Waals surface area contributed by atoms with E-state index in [4.69, 9.17) is 9.88 Å². The molecule has 0 unspecified atom stereocenters. The van der Waals surface area contributed by atoms with Crippen molar-refractivity contribution in [1.82, 2.24) is 0 Å². The van der Waals surface area contributed by atoms with Crippen LogP contribution in [-0.2, 0) is 14.8 Å². The Balaban J connectivity index is 2.05. The summed E-state index contributed by atoms with van der Waals surface area (Å²) in [7, 11) is -3.86. The normalized spacial score (nSPS) is 11.6. The van der Waals surface area contributed by atoms with Gasteiger partial charge in [-0.1, -0.05) is 6.07 Å². The largest absolute Gasteiger partial charge is 0.444 e. The van der Waals surface area contributed by atoms with Gasteiger partial charge in [-0.3, -0.25) is 10.1 Å². The average Bonchev–Trinajstić information content (AvgIpc) is 2.53. The van der Waals surface area contributed by atoms with E-state index in [1.54, 1.807) is 39.0 Å². The van der Waals surface area contributed by atoms with E-state index in [0.29, 0.717) is 16.9 Å². The third kappa shape index (κ3) is 6.39. The molecule has 0 saturated heterocycles. The van der Waals surface area contributed by atoms with E-state index in [0.717, 1.165) is 0 Å². The minimum Gasteiger partial charge on any atom is -0.444 e. The van der Waals surface area contributed by atoms with E-state index >= 15 is 0 Å². The first kappa shape index (κ1) is 20.4. The Morgan fingerprint density at radius 3 is 2.15 bits per heavy atom. The molecule has 0 radical (unpaired) electrons. The summed E-state index contributed by atoms with van der Waals surface area (Å²) < 4.78 is 27.9. The molecule has 0 aromatic heterocycles. The molecule has 0 fully saturated rings. The molecule has 0 heterocycles. The number of nitrogens with two attached hydrogens (primary N) is 1. The molecule has 2 amide bonds. The molecule has 0 bridgehead atoms. The van der Waals surface area contributed by atoms with E-state index in [2.05, 4.69) is 10.6 Å². The standard InChI is InChI=1S/C18H21N3O5S/c1-18(2,3)26-17(23)21-13-9-7-12(8-10-13)16(22)20-14-5-4-6-15(11-14)27(19,24)25/h4-11H,1-3H3,(H,20,22)(H,21,23)(H2,19,24,25). The number of sulfonamides is 1. The van der Waals surface area contributed by atoms with E-state index in [1.165, 1.54) is 30.3 Å². The van der Waals surface area contributed by atoms with Gasteiger partial charge in [-0.25, -0.2) is 18.4 Å². The Labute approximate surface area is 157 Å². The van der Waals surface area contributed by atoms with Crippen molar-refractivity contribution in [2.24, 2.45) is 5.14 Å². The van der Waals surface area contributed by atoms with Crippen molar-refractivity contribution in [1.29, 1.82) is 0 Å². The van der Waals surface area contributed by atoms with Crippen LogP contribution in [0.4, 0.5) is 16.2 Å². The zero-order valence-corrected chi connectivity index (χ0v) is 16.0. The number of carbonyl (C=O) groups is 2. The highest BCUT2D eigenvalue weighted by Crippen LogP contribution is 2.17. The predicted octanol–water partition coefficient (Wildman–Crippen LogP) is 2.93. The Hall–Kier alpha value is -2.91. The number of rotatable bonds is 4. The van der Waals surface area contributed by atoms with Gasteiger partial charge in [0.1, 0.15) is 5.60 Å². The molecule has 144 valence electrons. The van der Waals surface area contributed by atoms with Gasteiger partial charge in [0.05, 0.1) is 4.90 Å². The van der Waals surface area contributed by atoms with Crippen molar-refractivity contribution in [3.8, 4) is 0 Å². The monoisotopic (exact) mass is 391 g/mol. The number of hydrogen-bond donors (Lipinski definition) is 3. The highest BCUT2D eigenvalue weighted by atomic mass is 32.2. The minimum absolute atomic E-state index is 0.0998. The van der Waals surface area contributed by atoms with Crippen LogP contribution in [0.3, 0.4) is 0 Å². The van der Waals surface area contributed by atoms with Crippen LogP contribution < -0.4 is 15.8 Å². The summed E-state index contributed by atoms with van der Waals surface area (Å²) in [5.74, 6) is -0.439. The lowest BCUT2D eigenvalue weighted by molar-refractivity contribution is 0.0635. The summed E-state index contributed by atoms with van der Waals surface area (Å²) in [5, 5.41) is 10.2. The zero-order valence-electron chi connectivity index (χ0n) is 15.1. The van der Waals surface area contributed by atoms with Gasteiger partial charge < -0.3 is 10.1 Å². The number of primary sulfonamides is 1. The summed E-state index contributed by atoms with van der Waals surface area (Å²) in [4.78, 5) is 23.9. The average molecular weight is 391 g/mol. The van der Waals surface area contributed by atoms with E-state index < -0.39 is 27.6 Å². The number of hydrogen-bond acceptors (Lipinski definition) is 5. The summed E-state index contributed by atoms with van der Waals surface area (Å²) >= 11 is 0. The zero-order chi connectivity index (χ0) is 20.2. The van der Waals surface area contributed by atoms with E-state index in [9.17, 15) is 18.0 Å². The van der Waals surface area contributed by atoms with Gasteiger partial charge in [0.2, 0.25) is 10.0 Å². The van der Waals surface area contributed by atoms with Crippen molar-refractivity contribution < 1.29 is 22.7 Å².